The molecule has 0 saturated carbocycles. The van der Waals surface area contributed by atoms with Crippen molar-refractivity contribution < 1.29 is 17.9 Å². The van der Waals surface area contributed by atoms with Crippen molar-refractivity contribution in [3.8, 4) is 22.6 Å². The minimum Gasteiger partial charge on any atom is -0.489 e. The lowest BCUT2D eigenvalue weighted by atomic mass is 10.1. The molecule has 1 aliphatic heterocycles. The molecular formula is C26H20O4S. The minimum atomic E-state index is -3.54. The molecule has 0 unspecified atom stereocenters. The zero-order chi connectivity index (χ0) is 21.3. The SMILES string of the molecule is O=S1(=O)c2ccc(OCc3ccccc3)cc2-c2cc(OCc3ccccc3)ccc21. The predicted molar refractivity (Wildman–Crippen MR) is 119 cm³/mol. The van der Waals surface area contributed by atoms with E-state index in [0.29, 0.717) is 45.6 Å². The van der Waals surface area contributed by atoms with Gasteiger partial charge in [-0.2, -0.15) is 0 Å². The number of ether oxygens (including phenoxy) is 2. The van der Waals surface area contributed by atoms with Crippen molar-refractivity contribution >= 4 is 9.84 Å². The molecule has 0 fully saturated rings. The first-order valence-corrected chi connectivity index (χ1v) is 11.5. The van der Waals surface area contributed by atoms with E-state index < -0.39 is 9.84 Å². The molecule has 0 saturated heterocycles. The normalized spacial score (nSPS) is 13.3. The third kappa shape index (κ3) is 3.80. The fourth-order valence-corrected chi connectivity index (χ4v) is 5.34. The lowest BCUT2D eigenvalue weighted by Crippen LogP contribution is -1.98. The van der Waals surface area contributed by atoms with Crippen molar-refractivity contribution in [2.45, 2.75) is 23.0 Å². The zero-order valence-corrected chi connectivity index (χ0v) is 17.5. The molecule has 0 amide bonds. The Balaban J connectivity index is 1.43. The van der Waals surface area contributed by atoms with Gasteiger partial charge in [-0.25, -0.2) is 8.42 Å². The number of benzene rings is 4. The number of hydrogen-bond donors (Lipinski definition) is 0. The van der Waals surface area contributed by atoms with Crippen LogP contribution in [0.1, 0.15) is 11.1 Å². The summed E-state index contributed by atoms with van der Waals surface area (Å²) < 4.78 is 37.8. The van der Waals surface area contributed by atoms with Gasteiger partial charge in [-0.1, -0.05) is 60.7 Å². The summed E-state index contributed by atoms with van der Waals surface area (Å²) in [5.74, 6) is 1.25. The predicted octanol–water partition coefficient (Wildman–Crippen LogP) is 5.66. The molecule has 0 radical (unpaired) electrons. The Labute approximate surface area is 181 Å². The molecule has 5 heteroatoms. The quantitative estimate of drug-likeness (QED) is 0.350. The van der Waals surface area contributed by atoms with Gasteiger partial charge in [0.25, 0.3) is 0 Å². The second-order valence-electron chi connectivity index (χ2n) is 7.37. The van der Waals surface area contributed by atoms with E-state index in [1.54, 1.807) is 36.4 Å². The second kappa shape index (κ2) is 7.93. The van der Waals surface area contributed by atoms with E-state index in [1.165, 1.54) is 0 Å². The molecule has 0 bridgehead atoms. The van der Waals surface area contributed by atoms with Gasteiger partial charge in [0.05, 0.1) is 9.79 Å². The van der Waals surface area contributed by atoms with Gasteiger partial charge < -0.3 is 9.47 Å². The Bertz CT molecular complexity index is 1230. The molecule has 4 aromatic carbocycles. The molecule has 5 rings (SSSR count). The van der Waals surface area contributed by atoms with Crippen molar-refractivity contribution in [2.24, 2.45) is 0 Å². The zero-order valence-electron chi connectivity index (χ0n) is 16.7. The van der Waals surface area contributed by atoms with Crippen molar-refractivity contribution in [3.05, 3.63) is 108 Å². The maximum Gasteiger partial charge on any atom is 0.207 e. The number of rotatable bonds is 6. The minimum absolute atomic E-state index is 0.301. The topological polar surface area (TPSA) is 52.6 Å². The first-order valence-electron chi connectivity index (χ1n) is 9.98. The highest BCUT2D eigenvalue weighted by molar-refractivity contribution is 7.92. The fourth-order valence-electron chi connectivity index (χ4n) is 3.69. The van der Waals surface area contributed by atoms with E-state index in [4.69, 9.17) is 9.47 Å². The molecule has 0 atom stereocenters. The Hall–Kier alpha value is -3.57. The molecule has 0 spiro atoms. The molecule has 0 aliphatic carbocycles. The Morgan fingerprint density at radius 1 is 0.548 bits per heavy atom. The molecule has 1 heterocycles. The first kappa shape index (κ1) is 19.4. The van der Waals surface area contributed by atoms with E-state index in [-0.39, 0.29) is 0 Å². The van der Waals surface area contributed by atoms with E-state index in [1.807, 2.05) is 60.7 Å². The van der Waals surface area contributed by atoms with Crippen molar-refractivity contribution in [3.63, 3.8) is 0 Å². The summed E-state index contributed by atoms with van der Waals surface area (Å²) in [5, 5.41) is 0. The molecule has 4 aromatic rings. The van der Waals surface area contributed by atoms with Crippen molar-refractivity contribution in [2.75, 3.05) is 0 Å². The summed E-state index contributed by atoms with van der Waals surface area (Å²) in [4.78, 5) is 0.601. The Morgan fingerprint density at radius 3 is 1.39 bits per heavy atom. The summed E-state index contributed by atoms with van der Waals surface area (Å²) in [6, 6.07) is 30.0. The molecular weight excluding hydrogens is 408 g/mol. The van der Waals surface area contributed by atoms with Crippen LogP contribution in [-0.2, 0) is 23.1 Å². The second-order valence-corrected chi connectivity index (χ2v) is 9.25. The molecule has 154 valence electrons. The molecule has 0 N–H and O–H groups in total. The summed E-state index contributed by atoms with van der Waals surface area (Å²) in [5.41, 5.74) is 3.39. The van der Waals surface area contributed by atoms with E-state index >= 15 is 0 Å². The molecule has 31 heavy (non-hydrogen) atoms. The van der Waals surface area contributed by atoms with Gasteiger partial charge in [0, 0.05) is 11.1 Å². The van der Waals surface area contributed by atoms with Crippen molar-refractivity contribution in [1.82, 2.24) is 0 Å². The summed E-state index contributed by atoms with van der Waals surface area (Å²) in [7, 11) is -3.54. The fraction of sp³-hybridized carbons (Fsp3) is 0.0769. The van der Waals surface area contributed by atoms with Crippen LogP contribution in [0.25, 0.3) is 11.1 Å². The van der Waals surface area contributed by atoms with E-state index in [0.717, 1.165) is 11.1 Å². The van der Waals surface area contributed by atoms with Crippen LogP contribution in [0.15, 0.2) is 107 Å². The first-order chi connectivity index (χ1) is 15.1. The average molecular weight is 429 g/mol. The van der Waals surface area contributed by atoms with Crippen LogP contribution in [0.3, 0.4) is 0 Å². The lowest BCUT2D eigenvalue weighted by Gasteiger charge is -2.09. The number of sulfone groups is 1. The van der Waals surface area contributed by atoms with Gasteiger partial charge in [-0.05, 0) is 47.5 Å². The number of fused-ring (bicyclic) bond motifs is 3. The lowest BCUT2D eigenvalue weighted by molar-refractivity contribution is 0.305. The largest absolute Gasteiger partial charge is 0.489 e. The Morgan fingerprint density at radius 2 is 0.968 bits per heavy atom. The van der Waals surface area contributed by atoms with Crippen LogP contribution in [-0.4, -0.2) is 8.42 Å². The summed E-state index contributed by atoms with van der Waals surface area (Å²) in [6.07, 6.45) is 0. The molecule has 4 nitrogen and oxygen atoms in total. The smallest absolute Gasteiger partial charge is 0.207 e. The van der Waals surface area contributed by atoms with Crippen LogP contribution in [0.2, 0.25) is 0 Å². The van der Waals surface area contributed by atoms with Gasteiger partial charge in [0.15, 0.2) is 0 Å². The summed E-state index contributed by atoms with van der Waals surface area (Å²) in [6.45, 7) is 0.832. The third-order valence-corrected chi connectivity index (χ3v) is 7.14. The van der Waals surface area contributed by atoms with Gasteiger partial charge in [0.2, 0.25) is 9.84 Å². The average Bonchev–Trinajstić information content (AvgIpc) is 3.04. The summed E-state index contributed by atoms with van der Waals surface area (Å²) >= 11 is 0. The third-order valence-electron chi connectivity index (χ3n) is 5.27. The number of hydrogen-bond acceptors (Lipinski definition) is 4. The van der Waals surface area contributed by atoms with E-state index in [2.05, 4.69) is 0 Å². The van der Waals surface area contributed by atoms with Crippen LogP contribution in [0.4, 0.5) is 0 Å². The van der Waals surface area contributed by atoms with Crippen LogP contribution < -0.4 is 9.47 Å². The maximum absolute atomic E-state index is 13.0. The van der Waals surface area contributed by atoms with Crippen molar-refractivity contribution in [1.29, 1.82) is 0 Å². The van der Waals surface area contributed by atoms with Gasteiger partial charge in [-0.15, -0.1) is 0 Å². The highest BCUT2D eigenvalue weighted by atomic mass is 32.2. The molecule has 1 aliphatic rings. The highest BCUT2D eigenvalue weighted by Gasteiger charge is 2.33. The van der Waals surface area contributed by atoms with Gasteiger partial charge in [0.1, 0.15) is 24.7 Å². The van der Waals surface area contributed by atoms with Crippen LogP contribution in [0, 0.1) is 0 Å². The van der Waals surface area contributed by atoms with Crippen LogP contribution >= 0.6 is 0 Å². The monoisotopic (exact) mass is 428 g/mol. The highest BCUT2D eigenvalue weighted by Crippen LogP contribution is 2.46. The Kier molecular flexibility index (Phi) is 4.96. The standard InChI is InChI=1S/C26H20O4S/c27-31(28)25-13-11-21(29-17-19-7-3-1-4-8-19)15-23(25)24-16-22(12-14-26(24)31)30-18-20-9-5-2-6-10-20/h1-16H,17-18H2. The van der Waals surface area contributed by atoms with Gasteiger partial charge >= 0.3 is 0 Å². The maximum atomic E-state index is 13.0. The van der Waals surface area contributed by atoms with Crippen LogP contribution in [0.5, 0.6) is 11.5 Å². The molecule has 0 aromatic heterocycles. The van der Waals surface area contributed by atoms with Gasteiger partial charge in [-0.3, -0.25) is 0 Å². The van der Waals surface area contributed by atoms with E-state index in [9.17, 15) is 8.42 Å².